The smallest absolute Gasteiger partial charge is 0.270 e. The van der Waals surface area contributed by atoms with Gasteiger partial charge < -0.3 is 4.52 Å². The molecule has 0 saturated carbocycles. The molecule has 0 fully saturated rings. The Morgan fingerprint density at radius 1 is 1.32 bits per heavy atom. The van der Waals surface area contributed by atoms with Crippen LogP contribution in [0.25, 0.3) is 0 Å². The second-order valence-electron chi connectivity index (χ2n) is 4.90. The molecule has 8 nitrogen and oxygen atoms in total. The van der Waals surface area contributed by atoms with Gasteiger partial charge in [0.05, 0.1) is 22.1 Å². The number of rotatable bonds is 5. The largest absolute Gasteiger partial charge is 0.361 e. The molecular weight excluding hydrogens is 310 g/mol. The average molecular weight is 325 g/mol. The Balaban J connectivity index is 2.37. The van der Waals surface area contributed by atoms with Gasteiger partial charge in [0, 0.05) is 25.2 Å². The zero-order valence-electron chi connectivity index (χ0n) is 12.3. The Morgan fingerprint density at radius 3 is 2.55 bits per heavy atom. The van der Waals surface area contributed by atoms with Gasteiger partial charge in [-0.05, 0) is 19.4 Å². The van der Waals surface area contributed by atoms with E-state index in [1.165, 1.54) is 19.2 Å². The molecule has 0 unspecified atom stereocenters. The van der Waals surface area contributed by atoms with Crippen molar-refractivity contribution in [3.05, 3.63) is 51.4 Å². The fraction of sp³-hybridized carbons (Fsp3) is 0.308. The van der Waals surface area contributed by atoms with Crippen molar-refractivity contribution < 1.29 is 17.9 Å². The van der Waals surface area contributed by atoms with E-state index in [0.717, 1.165) is 10.4 Å². The lowest BCUT2D eigenvalue weighted by atomic mass is 10.2. The normalized spacial score (nSPS) is 11.8. The average Bonchev–Trinajstić information content (AvgIpc) is 2.84. The molecular formula is C13H15N3O5S. The maximum Gasteiger partial charge on any atom is 0.270 e. The van der Waals surface area contributed by atoms with Gasteiger partial charge in [-0.2, -0.15) is 4.31 Å². The zero-order chi connectivity index (χ0) is 16.5. The molecule has 22 heavy (non-hydrogen) atoms. The molecule has 9 heteroatoms. The second kappa shape index (κ2) is 5.85. The molecule has 0 bridgehead atoms. The molecule has 0 aliphatic carbocycles. The molecule has 0 atom stereocenters. The summed E-state index contributed by atoms with van der Waals surface area (Å²) >= 11 is 0. The van der Waals surface area contributed by atoms with Gasteiger partial charge in [-0.15, -0.1) is 0 Å². The maximum absolute atomic E-state index is 12.6. The van der Waals surface area contributed by atoms with Gasteiger partial charge >= 0.3 is 0 Å². The fourth-order valence-corrected chi connectivity index (χ4v) is 3.34. The summed E-state index contributed by atoms with van der Waals surface area (Å²) in [6.45, 7) is 3.31. The Kier molecular flexibility index (Phi) is 4.29. The first-order valence-electron chi connectivity index (χ1n) is 6.35. The zero-order valence-corrected chi connectivity index (χ0v) is 13.1. The molecule has 2 aromatic rings. The molecule has 1 aromatic carbocycles. The topological polar surface area (TPSA) is 107 Å². The van der Waals surface area contributed by atoms with Crippen molar-refractivity contribution in [1.29, 1.82) is 0 Å². The second-order valence-corrected chi connectivity index (χ2v) is 6.91. The molecule has 2 rings (SSSR count). The predicted molar refractivity (Wildman–Crippen MR) is 77.7 cm³/mol. The van der Waals surface area contributed by atoms with E-state index in [2.05, 4.69) is 5.16 Å². The first kappa shape index (κ1) is 16.1. The van der Waals surface area contributed by atoms with Crippen LogP contribution in [0.3, 0.4) is 0 Å². The van der Waals surface area contributed by atoms with Crippen molar-refractivity contribution in [2.45, 2.75) is 25.3 Å². The molecule has 1 aromatic heterocycles. The van der Waals surface area contributed by atoms with Crippen LogP contribution in [0, 0.1) is 24.0 Å². The van der Waals surface area contributed by atoms with E-state index in [0.29, 0.717) is 17.0 Å². The Hall–Kier alpha value is -2.26. The minimum absolute atomic E-state index is 0.0157. The third-order valence-electron chi connectivity index (χ3n) is 3.13. The van der Waals surface area contributed by atoms with Gasteiger partial charge in [-0.25, -0.2) is 8.42 Å². The predicted octanol–water partition coefficient (Wildman–Crippen LogP) is 2.02. The highest BCUT2D eigenvalue weighted by atomic mass is 32.2. The molecule has 0 spiro atoms. The quantitative estimate of drug-likeness (QED) is 0.615. The lowest BCUT2D eigenvalue weighted by Crippen LogP contribution is -2.27. The minimum Gasteiger partial charge on any atom is -0.361 e. The van der Waals surface area contributed by atoms with Crippen molar-refractivity contribution in [2.75, 3.05) is 7.05 Å². The molecule has 0 amide bonds. The van der Waals surface area contributed by atoms with Crippen LogP contribution in [0.15, 0.2) is 33.7 Å². The van der Waals surface area contributed by atoms with Crippen LogP contribution in [0.4, 0.5) is 5.69 Å². The van der Waals surface area contributed by atoms with E-state index in [1.807, 2.05) is 0 Å². The summed E-state index contributed by atoms with van der Waals surface area (Å²) in [6.07, 6.45) is 0. The number of nitro benzene ring substituents is 1. The first-order valence-corrected chi connectivity index (χ1v) is 7.79. The molecule has 0 N–H and O–H groups in total. The summed E-state index contributed by atoms with van der Waals surface area (Å²) in [5, 5.41) is 14.6. The number of aryl methyl sites for hydroxylation is 2. The Labute approximate surface area is 127 Å². The number of nitro groups is 1. The number of hydrogen-bond donors (Lipinski definition) is 0. The Morgan fingerprint density at radius 2 is 2.00 bits per heavy atom. The Bertz CT molecular complexity index is 813. The fourth-order valence-electron chi connectivity index (χ4n) is 1.95. The molecule has 0 aliphatic heterocycles. The standard InChI is InChI=1S/C13H15N3O5S/c1-9-4-5-12(16(17)18)7-13(9)22(19,20)15(3)8-11-6-10(2)21-14-11/h4-7H,8H2,1-3H3. The minimum atomic E-state index is -3.87. The molecule has 1 heterocycles. The van der Waals surface area contributed by atoms with Gasteiger partial charge in [0.25, 0.3) is 5.69 Å². The number of sulfonamides is 1. The van der Waals surface area contributed by atoms with E-state index in [4.69, 9.17) is 4.52 Å². The number of benzene rings is 1. The number of nitrogens with zero attached hydrogens (tertiary/aromatic N) is 3. The molecule has 0 radical (unpaired) electrons. The van der Waals surface area contributed by atoms with Gasteiger partial charge in [0.2, 0.25) is 10.0 Å². The van der Waals surface area contributed by atoms with Crippen LogP contribution in [0.1, 0.15) is 17.0 Å². The van der Waals surface area contributed by atoms with E-state index in [9.17, 15) is 18.5 Å². The van der Waals surface area contributed by atoms with Crippen LogP contribution >= 0.6 is 0 Å². The lowest BCUT2D eigenvalue weighted by molar-refractivity contribution is -0.385. The van der Waals surface area contributed by atoms with Crippen molar-refractivity contribution >= 4 is 15.7 Å². The molecule has 118 valence electrons. The summed E-state index contributed by atoms with van der Waals surface area (Å²) < 4.78 is 31.1. The van der Waals surface area contributed by atoms with Crippen LogP contribution in [-0.2, 0) is 16.6 Å². The SMILES string of the molecule is Cc1cc(CN(C)S(=O)(=O)c2cc([N+](=O)[O-])ccc2C)no1. The van der Waals surface area contributed by atoms with Crippen molar-refractivity contribution in [2.24, 2.45) is 0 Å². The summed E-state index contributed by atoms with van der Waals surface area (Å²) in [6, 6.07) is 5.38. The highest BCUT2D eigenvalue weighted by molar-refractivity contribution is 7.89. The summed E-state index contributed by atoms with van der Waals surface area (Å²) in [5.41, 5.74) is 0.635. The monoisotopic (exact) mass is 325 g/mol. The van der Waals surface area contributed by atoms with Gasteiger partial charge in [0.15, 0.2) is 0 Å². The summed E-state index contributed by atoms with van der Waals surface area (Å²) in [4.78, 5) is 10.1. The van der Waals surface area contributed by atoms with Gasteiger partial charge in [-0.3, -0.25) is 10.1 Å². The van der Waals surface area contributed by atoms with E-state index >= 15 is 0 Å². The van der Waals surface area contributed by atoms with Gasteiger partial charge in [0.1, 0.15) is 5.76 Å². The van der Waals surface area contributed by atoms with E-state index in [-0.39, 0.29) is 17.1 Å². The van der Waals surface area contributed by atoms with Crippen LogP contribution in [0.5, 0.6) is 0 Å². The van der Waals surface area contributed by atoms with Crippen LogP contribution < -0.4 is 0 Å². The number of aromatic nitrogens is 1. The summed E-state index contributed by atoms with van der Waals surface area (Å²) in [7, 11) is -2.48. The van der Waals surface area contributed by atoms with Crippen LogP contribution in [0.2, 0.25) is 0 Å². The third-order valence-corrected chi connectivity index (χ3v) is 5.08. The van der Waals surface area contributed by atoms with Crippen molar-refractivity contribution in [3.8, 4) is 0 Å². The highest BCUT2D eigenvalue weighted by Gasteiger charge is 2.26. The number of non-ortho nitro benzene ring substituents is 1. The van der Waals surface area contributed by atoms with E-state index in [1.54, 1.807) is 19.9 Å². The lowest BCUT2D eigenvalue weighted by Gasteiger charge is -2.17. The van der Waals surface area contributed by atoms with E-state index < -0.39 is 14.9 Å². The van der Waals surface area contributed by atoms with Gasteiger partial charge in [-0.1, -0.05) is 11.2 Å². The highest BCUT2D eigenvalue weighted by Crippen LogP contribution is 2.25. The number of hydrogen-bond acceptors (Lipinski definition) is 6. The van der Waals surface area contributed by atoms with Crippen molar-refractivity contribution in [3.63, 3.8) is 0 Å². The van der Waals surface area contributed by atoms with Crippen molar-refractivity contribution in [1.82, 2.24) is 9.46 Å². The van der Waals surface area contributed by atoms with Crippen LogP contribution in [-0.4, -0.2) is 29.9 Å². The summed E-state index contributed by atoms with van der Waals surface area (Å²) in [5.74, 6) is 0.576. The molecule has 0 saturated heterocycles. The molecule has 0 aliphatic rings. The first-order chi connectivity index (χ1) is 10.2. The third kappa shape index (κ3) is 3.15. The maximum atomic E-state index is 12.6.